The lowest BCUT2D eigenvalue weighted by atomic mass is 9.88. The Morgan fingerprint density at radius 1 is 1.23 bits per heavy atom. The molecule has 0 radical (unpaired) electrons. The molecule has 4 heterocycles. The molecule has 7 nitrogen and oxygen atoms in total. The van der Waals surface area contributed by atoms with Crippen molar-refractivity contribution in [3.63, 3.8) is 0 Å². The van der Waals surface area contributed by atoms with Crippen LogP contribution in [0.3, 0.4) is 0 Å². The van der Waals surface area contributed by atoms with E-state index in [2.05, 4.69) is 38.4 Å². The summed E-state index contributed by atoms with van der Waals surface area (Å²) in [4.78, 5) is 17.5. The first kappa shape index (κ1) is 19.6. The molecule has 2 saturated heterocycles. The summed E-state index contributed by atoms with van der Waals surface area (Å²) in [6, 6.07) is 6.92. The highest BCUT2D eigenvalue weighted by atomic mass is 16.2. The number of piperidine rings is 2. The number of carbonyl (C=O) groups excluding carboxylic acids is 1. The molecule has 7 heteroatoms. The van der Waals surface area contributed by atoms with Crippen molar-refractivity contribution < 1.29 is 4.79 Å². The Morgan fingerprint density at radius 2 is 2.07 bits per heavy atom. The van der Waals surface area contributed by atoms with E-state index in [0.717, 1.165) is 81.9 Å². The number of aromatic nitrogens is 2. The maximum absolute atomic E-state index is 12.9. The standard InChI is InChI=1S/C23H32N6O/c1-27-22(24)19(12-26-27)14-28-9-6-16(7-10-28)17-4-5-21-18(11-17)15-29(23(21)30)20-3-2-8-25-13-20/h4-5,11-12,16,20,25H,2-3,6-10,13-15,24H2,1H3. The van der Waals surface area contributed by atoms with Gasteiger partial charge in [0.15, 0.2) is 0 Å². The number of nitrogens with two attached hydrogens (primary N) is 1. The molecule has 3 N–H and O–H groups in total. The van der Waals surface area contributed by atoms with Gasteiger partial charge in [-0.25, -0.2) is 0 Å². The van der Waals surface area contributed by atoms with Crippen molar-refractivity contribution >= 4 is 11.7 Å². The van der Waals surface area contributed by atoms with Gasteiger partial charge in [0.05, 0.1) is 6.20 Å². The van der Waals surface area contributed by atoms with Crippen LogP contribution < -0.4 is 11.1 Å². The molecular weight excluding hydrogens is 376 g/mol. The van der Waals surface area contributed by atoms with E-state index >= 15 is 0 Å². The van der Waals surface area contributed by atoms with E-state index in [0.29, 0.717) is 12.0 Å². The van der Waals surface area contributed by atoms with Gasteiger partial charge in [-0.05, 0) is 68.4 Å². The third-order valence-corrected chi connectivity index (χ3v) is 7.19. The number of hydrogen-bond acceptors (Lipinski definition) is 5. The van der Waals surface area contributed by atoms with Gasteiger partial charge in [0.25, 0.3) is 5.91 Å². The predicted molar refractivity (Wildman–Crippen MR) is 117 cm³/mol. The van der Waals surface area contributed by atoms with Crippen LogP contribution in [0, 0.1) is 0 Å². The molecule has 1 amide bonds. The van der Waals surface area contributed by atoms with Crippen LogP contribution in [0.2, 0.25) is 0 Å². The molecule has 160 valence electrons. The molecule has 5 rings (SSSR count). The first-order valence-electron chi connectivity index (χ1n) is 11.2. The van der Waals surface area contributed by atoms with Crippen molar-refractivity contribution in [2.24, 2.45) is 7.05 Å². The van der Waals surface area contributed by atoms with Crippen LogP contribution in [0.1, 0.15) is 58.6 Å². The summed E-state index contributed by atoms with van der Waals surface area (Å²) in [6.45, 7) is 5.76. The van der Waals surface area contributed by atoms with Gasteiger partial charge in [0, 0.05) is 43.9 Å². The first-order chi connectivity index (χ1) is 14.6. The van der Waals surface area contributed by atoms with E-state index in [1.807, 2.05) is 13.2 Å². The highest BCUT2D eigenvalue weighted by Crippen LogP contribution is 2.33. The maximum Gasteiger partial charge on any atom is 0.254 e. The van der Waals surface area contributed by atoms with Crippen molar-refractivity contribution in [2.45, 2.75) is 50.7 Å². The van der Waals surface area contributed by atoms with E-state index in [1.54, 1.807) is 4.68 Å². The van der Waals surface area contributed by atoms with Gasteiger partial charge < -0.3 is 16.0 Å². The summed E-state index contributed by atoms with van der Waals surface area (Å²) in [5, 5.41) is 7.69. The number of aryl methyl sites for hydroxylation is 1. The largest absolute Gasteiger partial charge is 0.384 e. The van der Waals surface area contributed by atoms with Gasteiger partial charge in [-0.1, -0.05) is 12.1 Å². The monoisotopic (exact) mass is 408 g/mol. The van der Waals surface area contributed by atoms with Gasteiger partial charge in [0.1, 0.15) is 5.82 Å². The molecule has 30 heavy (non-hydrogen) atoms. The lowest BCUT2D eigenvalue weighted by Gasteiger charge is -2.32. The first-order valence-corrected chi connectivity index (χ1v) is 11.2. The number of hydrogen-bond donors (Lipinski definition) is 2. The summed E-state index contributed by atoms with van der Waals surface area (Å²) in [5.74, 6) is 1.55. The summed E-state index contributed by atoms with van der Waals surface area (Å²) in [7, 11) is 1.88. The smallest absolute Gasteiger partial charge is 0.254 e. The van der Waals surface area contributed by atoms with Crippen LogP contribution in [0.5, 0.6) is 0 Å². The molecule has 3 aliphatic heterocycles. The number of rotatable bonds is 4. The second kappa shape index (κ2) is 8.04. The second-order valence-corrected chi connectivity index (χ2v) is 9.08. The lowest BCUT2D eigenvalue weighted by molar-refractivity contribution is 0.0674. The number of nitrogen functional groups attached to an aromatic ring is 1. The number of amides is 1. The highest BCUT2D eigenvalue weighted by molar-refractivity contribution is 5.98. The summed E-state index contributed by atoms with van der Waals surface area (Å²) in [6.07, 6.45) is 6.43. The number of likely N-dealkylation sites (tertiary alicyclic amines) is 1. The van der Waals surface area contributed by atoms with Crippen LogP contribution in [-0.2, 0) is 20.1 Å². The Bertz CT molecular complexity index is 924. The fourth-order valence-electron chi connectivity index (χ4n) is 5.29. The fraction of sp³-hybridized carbons (Fsp3) is 0.565. The molecule has 1 aromatic carbocycles. The average molecular weight is 409 g/mol. The van der Waals surface area contributed by atoms with Crippen molar-refractivity contribution in [1.29, 1.82) is 0 Å². The number of nitrogens with one attached hydrogen (secondary N) is 1. The number of fused-ring (bicyclic) bond motifs is 1. The van der Waals surface area contributed by atoms with Crippen LogP contribution in [0.15, 0.2) is 24.4 Å². The van der Waals surface area contributed by atoms with Gasteiger partial charge in [0.2, 0.25) is 0 Å². The minimum atomic E-state index is 0.217. The topological polar surface area (TPSA) is 79.4 Å². The molecular formula is C23H32N6O. The van der Waals surface area contributed by atoms with E-state index in [4.69, 9.17) is 5.73 Å². The van der Waals surface area contributed by atoms with Crippen LogP contribution in [-0.4, -0.2) is 57.7 Å². The van der Waals surface area contributed by atoms with Crippen LogP contribution in [0.4, 0.5) is 5.82 Å². The van der Waals surface area contributed by atoms with E-state index in [9.17, 15) is 4.79 Å². The third kappa shape index (κ3) is 3.61. The average Bonchev–Trinajstić information content (AvgIpc) is 3.28. The molecule has 3 aliphatic rings. The summed E-state index contributed by atoms with van der Waals surface area (Å²) in [5.41, 5.74) is 10.7. The van der Waals surface area contributed by atoms with Crippen molar-refractivity contribution in [1.82, 2.24) is 24.9 Å². The Hall–Kier alpha value is -2.38. The minimum Gasteiger partial charge on any atom is -0.384 e. The Kier molecular flexibility index (Phi) is 5.25. The van der Waals surface area contributed by atoms with Crippen LogP contribution >= 0.6 is 0 Å². The van der Waals surface area contributed by atoms with Crippen molar-refractivity contribution in [3.05, 3.63) is 46.6 Å². The van der Waals surface area contributed by atoms with Gasteiger partial charge in [-0.15, -0.1) is 0 Å². The zero-order valence-corrected chi connectivity index (χ0v) is 17.8. The maximum atomic E-state index is 12.9. The molecule has 1 atom stereocenters. The van der Waals surface area contributed by atoms with Gasteiger partial charge in [-0.3, -0.25) is 14.4 Å². The zero-order valence-electron chi connectivity index (χ0n) is 17.8. The van der Waals surface area contributed by atoms with Crippen molar-refractivity contribution in [3.8, 4) is 0 Å². The van der Waals surface area contributed by atoms with Gasteiger partial charge >= 0.3 is 0 Å². The van der Waals surface area contributed by atoms with Gasteiger partial charge in [-0.2, -0.15) is 5.10 Å². The number of benzene rings is 1. The van der Waals surface area contributed by atoms with E-state index in [-0.39, 0.29) is 5.91 Å². The van der Waals surface area contributed by atoms with E-state index < -0.39 is 0 Å². The predicted octanol–water partition coefficient (Wildman–Crippen LogP) is 2.09. The molecule has 0 aliphatic carbocycles. The summed E-state index contributed by atoms with van der Waals surface area (Å²) < 4.78 is 1.74. The number of carbonyl (C=O) groups is 1. The second-order valence-electron chi connectivity index (χ2n) is 9.08. The molecule has 0 spiro atoms. The minimum absolute atomic E-state index is 0.217. The quantitative estimate of drug-likeness (QED) is 0.810. The lowest BCUT2D eigenvalue weighted by Crippen LogP contribution is -2.46. The normalized spacial score (nSPS) is 23.2. The highest BCUT2D eigenvalue weighted by Gasteiger charge is 2.34. The molecule has 0 bridgehead atoms. The number of nitrogens with zero attached hydrogens (tertiary/aromatic N) is 4. The molecule has 2 fully saturated rings. The number of anilines is 1. The molecule has 1 unspecified atom stereocenters. The fourth-order valence-corrected chi connectivity index (χ4v) is 5.29. The molecule has 2 aromatic rings. The SMILES string of the molecule is Cn1ncc(CN2CCC(c3ccc4c(c3)CN(C3CCCNC3)C4=O)CC2)c1N. The summed E-state index contributed by atoms with van der Waals surface area (Å²) >= 11 is 0. The zero-order chi connectivity index (χ0) is 20.7. The molecule has 0 saturated carbocycles. The van der Waals surface area contributed by atoms with Crippen LogP contribution in [0.25, 0.3) is 0 Å². The Labute approximate surface area is 178 Å². The molecule has 1 aromatic heterocycles. The third-order valence-electron chi connectivity index (χ3n) is 7.19. The van der Waals surface area contributed by atoms with E-state index in [1.165, 1.54) is 11.1 Å². The van der Waals surface area contributed by atoms with Crippen molar-refractivity contribution in [2.75, 3.05) is 31.9 Å². The Balaban J connectivity index is 1.22. The Morgan fingerprint density at radius 3 is 2.77 bits per heavy atom.